The van der Waals surface area contributed by atoms with E-state index in [1.54, 1.807) is 24.3 Å². The van der Waals surface area contributed by atoms with E-state index in [9.17, 15) is 4.79 Å². The second kappa shape index (κ2) is 9.48. The van der Waals surface area contributed by atoms with E-state index < -0.39 is 0 Å². The van der Waals surface area contributed by atoms with Gasteiger partial charge in [-0.15, -0.1) is 11.3 Å². The summed E-state index contributed by atoms with van der Waals surface area (Å²) in [6.07, 6.45) is 3.50. The predicted molar refractivity (Wildman–Crippen MR) is 109 cm³/mol. The average molecular weight is 384 g/mol. The molecule has 5 nitrogen and oxygen atoms in total. The van der Waals surface area contributed by atoms with Crippen LogP contribution in [0.5, 0.6) is 0 Å². The van der Waals surface area contributed by atoms with Crippen LogP contribution in [0.15, 0.2) is 52.4 Å². The minimum absolute atomic E-state index is 0.0185. The molecule has 2 heterocycles. The molecule has 0 bridgehead atoms. The quantitative estimate of drug-likeness (QED) is 0.562. The number of benzene rings is 1. The fourth-order valence-electron chi connectivity index (χ4n) is 2.90. The van der Waals surface area contributed by atoms with Crippen molar-refractivity contribution in [3.63, 3.8) is 0 Å². The number of carbonyl (C=O) groups excluding carboxylic acids is 1. The van der Waals surface area contributed by atoms with Crippen molar-refractivity contribution in [2.75, 3.05) is 11.9 Å². The summed E-state index contributed by atoms with van der Waals surface area (Å²) < 4.78 is 4.97. The van der Waals surface area contributed by atoms with E-state index in [4.69, 9.17) is 4.52 Å². The molecule has 6 heteroatoms. The molecular weight excluding hydrogens is 358 g/mol. The number of nitrogens with one attached hydrogen (secondary N) is 2. The van der Waals surface area contributed by atoms with Crippen molar-refractivity contribution in [1.29, 1.82) is 0 Å². The van der Waals surface area contributed by atoms with Crippen LogP contribution in [0.3, 0.4) is 0 Å². The van der Waals surface area contributed by atoms with Crippen LogP contribution in [0, 0.1) is 6.92 Å². The number of hydrogen-bond acceptors (Lipinski definition) is 5. The Morgan fingerprint density at radius 2 is 2.07 bits per heavy atom. The molecule has 142 valence electrons. The number of rotatable bonds is 9. The van der Waals surface area contributed by atoms with Crippen molar-refractivity contribution in [2.24, 2.45) is 0 Å². The smallest absolute Gasteiger partial charge is 0.239 e. The zero-order chi connectivity index (χ0) is 19.1. The van der Waals surface area contributed by atoms with Gasteiger partial charge in [0.25, 0.3) is 0 Å². The summed E-state index contributed by atoms with van der Waals surface area (Å²) in [5, 5.41) is 12.0. The van der Waals surface area contributed by atoms with Crippen molar-refractivity contribution >= 4 is 23.1 Å². The molecule has 1 atom stereocenters. The molecule has 0 saturated carbocycles. The molecule has 0 saturated heterocycles. The second-order valence-corrected chi connectivity index (χ2v) is 7.52. The molecule has 0 aliphatic heterocycles. The molecule has 0 spiro atoms. The van der Waals surface area contributed by atoms with Gasteiger partial charge in [-0.2, -0.15) is 0 Å². The van der Waals surface area contributed by atoms with E-state index in [-0.39, 0.29) is 18.5 Å². The van der Waals surface area contributed by atoms with Gasteiger partial charge in [0, 0.05) is 10.9 Å². The van der Waals surface area contributed by atoms with Gasteiger partial charge in [-0.1, -0.05) is 48.8 Å². The number of nitrogens with zero attached hydrogens (tertiary/aromatic N) is 1. The van der Waals surface area contributed by atoms with Crippen LogP contribution in [0.4, 0.5) is 5.82 Å². The van der Waals surface area contributed by atoms with E-state index in [1.165, 1.54) is 23.3 Å². The maximum atomic E-state index is 12.2. The fraction of sp³-hybridized carbons (Fsp3) is 0.333. The Kier molecular flexibility index (Phi) is 6.79. The van der Waals surface area contributed by atoms with Crippen molar-refractivity contribution in [3.8, 4) is 0 Å². The summed E-state index contributed by atoms with van der Waals surface area (Å²) in [7, 11) is 0. The third-order valence-electron chi connectivity index (χ3n) is 4.32. The number of unbranched alkanes of at least 4 members (excludes halogenated alkanes) is 1. The number of amides is 1. The van der Waals surface area contributed by atoms with Crippen LogP contribution in [0.25, 0.3) is 0 Å². The third-order valence-corrected chi connectivity index (χ3v) is 5.26. The molecule has 2 aromatic heterocycles. The Bertz CT molecular complexity index is 841. The van der Waals surface area contributed by atoms with Gasteiger partial charge < -0.3 is 9.84 Å². The van der Waals surface area contributed by atoms with Gasteiger partial charge in [0.05, 0.1) is 12.6 Å². The fourth-order valence-corrected chi connectivity index (χ4v) is 3.73. The molecule has 0 aliphatic rings. The van der Waals surface area contributed by atoms with E-state index in [1.807, 2.05) is 6.07 Å². The number of carbonyl (C=O) groups is 1. The van der Waals surface area contributed by atoms with Crippen molar-refractivity contribution < 1.29 is 9.32 Å². The van der Waals surface area contributed by atoms with Gasteiger partial charge in [-0.25, -0.2) is 0 Å². The van der Waals surface area contributed by atoms with E-state index in [2.05, 4.69) is 58.4 Å². The lowest BCUT2D eigenvalue weighted by Gasteiger charge is -2.18. The van der Waals surface area contributed by atoms with Crippen LogP contribution in [-0.2, 0) is 11.2 Å². The van der Waals surface area contributed by atoms with Gasteiger partial charge in [0.1, 0.15) is 5.76 Å². The highest BCUT2D eigenvalue weighted by atomic mass is 32.1. The zero-order valence-corrected chi connectivity index (χ0v) is 16.5. The summed E-state index contributed by atoms with van der Waals surface area (Å²) >= 11 is 1.68. The zero-order valence-electron chi connectivity index (χ0n) is 15.7. The van der Waals surface area contributed by atoms with E-state index in [0.717, 1.165) is 12.0 Å². The maximum Gasteiger partial charge on any atom is 0.239 e. The number of hydrogen-bond donors (Lipinski definition) is 2. The Morgan fingerprint density at radius 1 is 1.26 bits per heavy atom. The normalized spacial score (nSPS) is 12.1. The minimum Gasteiger partial charge on any atom is -0.360 e. The van der Waals surface area contributed by atoms with Gasteiger partial charge in [-0.05, 0) is 42.3 Å². The first-order chi connectivity index (χ1) is 13.2. The second-order valence-electron chi connectivity index (χ2n) is 6.55. The molecule has 2 N–H and O–H groups in total. The summed E-state index contributed by atoms with van der Waals surface area (Å²) in [5.41, 5.74) is 2.51. The van der Waals surface area contributed by atoms with Gasteiger partial charge >= 0.3 is 0 Å². The molecule has 1 aromatic carbocycles. The SMILES string of the molecule is CCCCc1ccc([C@H](NCC(=O)Nc2cc(C)on2)c2cccs2)cc1. The molecule has 27 heavy (non-hydrogen) atoms. The number of aryl methyl sites for hydroxylation is 2. The lowest BCUT2D eigenvalue weighted by Crippen LogP contribution is -2.31. The summed E-state index contributed by atoms with van der Waals surface area (Å²) in [5.74, 6) is 0.953. The van der Waals surface area contributed by atoms with E-state index in [0.29, 0.717) is 11.6 Å². The molecular formula is C21H25N3O2S. The number of anilines is 1. The van der Waals surface area contributed by atoms with Gasteiger partial charge in [0.2, 0.25) is 5.91 Å². The van der Waals surface area contributed by atoms with Crippen LogP contribution >= 0.6 is 11.3 Å². The first kappa shape index (κ1) is 19.3. The first-order valence-corrected chi connectivity index (χ1v) is 10.1. The standard InChI is InChI=1S/C21H25N3O2S/c1-3-4-6-16-8-10-17(11-9-16)21(18-7-5-12-27-18)22-14-20(25)23-19-13-15(2)26-24-19/h5,7-13,21-22H,3-4,6,14H2,1-2H3,(H,23,24,25)/t21-/m0/s1. The maximum absolute atomic E-state index is 12.2. The van der Waals surface area contributed by atoms with Gasteiger partial charge in [-0.3, -0.25) is 10.1 Å². The largest absolute Gasteiger partial charge is 0.360 e. The summed E-state index contributed by atoms with van der Waals surface area (Å²) in [6, 6.07) is 14.5. The predicted octanol–water partition coefficient (Wildman–Crippen LogP) is 4.70. The summed E-state index contributed by atoms with van der Waals surface area (Å²) in [4.78, 5) is 13.4. The van der Waals surface area contributed by atoms with Crippen molar-refractivity contribution in [1.82, 2.24) is 10.5 Å². The monoisotopic (exact) mass is 383 g/mol. The molecule has 3 aromatic rings. The topological polar surface area (TPSA) is 67.2 Å². The highest BCUT2D eigenvalue weighted by molar-refractivity contribution is 7.10. The van der Waals surface area contributed by atoms with Gasteiger partial charge in [0.15, 0.2) is 5.82 Å². The summed E-state index contributed by atoms with van der Waals surface area (Å²) in [6.45, 7) is 4.18. The van der Waals surface area contributed by atoms with Crippen LogP contribution in [0.1, 0.15) is 47.6 Å². The average Bonchev–Trinajstić information content (AvgIpc) is 3.33. The molecule has 0 unspecified atom stereocenters. The molecule has 0 radical (unpaired) electrons. The highest BCUT2D eigenvalue weighted by Crippen LogP contribution is 2.26. The minimum atomic E-state index is -0.149. The van der Waals surface area contributed by atoms with Crippen LogP contribution in [0.2, 0.25) is 0 Å². The van der Waals surface area contributed by atoms with Crippen LogP contribution < -0.4 is 10.6 Å². The number of thiophene rings is 1. The lowest BCUT2D eigenvalue weighted by molar-refractivity contribution is -0.115. The van der Waals surface area contributed by atoms with Crippen molar-refractivity contribution in [2.45, 2.75) is 39.2 Å². The first-order valence-electron chi connectivity index (χ1n) is 9.24. The Labute approximate surface area is 163 Å². The Hall–Kier alpha value is -2.44. The van der Waals surface area contributed by atoms with Crippen molar-refractivity contribution in [3.05, 3.63) is 69.6 Å². The molecule has 0 fully saturated rings. The molecule has 3 rings (SSSR count). The van der Waals surface area contributed by atoms with Crippen LogP contribution in [-0.4, -0.2) is 17.6 Å². The third kappa shape index (κ3) is 5.52. The number of aromatic nitrogens is 1. The Balaban J connectivity index is 1.66. The Morgan fingerprint density at radius 3 is 2.70 bits per heavy atom. The van der Waals surface area contributed by atoms with E-state index >= 15 is 0 Å². The highest BCUT2D eigenvalue weighted by Gasteiger charge is 2.16. The molecule has 0 aliphatic carbocycles. The lowest BCUT2D eigenvalue weighted by atomic mass is 10.0. The molecule has 1 amide bonds.